The molecule has 0 aliphatic carbocycles. The molecule has 3 aromatic carbocycles. The molecule has 0 saturated heterocycles. The first-order valence-corrected chi connectivity index (χ1v) is 18.6. The maximum Gasteiger partial charge on any atom is 0.328 e. The fourth-order valence-corrected chi connectivity index (χ4v) is 6.93. The third kappa shape index (κ3) is 8.60. The second kappa shape index (κ2) is 16.5. The lowest BCUT2D eigenvalue weighted by atomic mass is 9.93. The largest absolute Gasteiger partial charge is 0.467 e. The maximum absolute atomic E-state index is 13.7. The topological polar surface area (TPSA) is 71.8 Å². The first kappa shape index (κ1) is 35.5. The number of nitrogens with zero attached hydrogens (tertiary/aromatic N) is 1. The van der Waals surface area contributed by atoms with Gasteiger partial charge in [0.25, 0.3) is 5.91 Å². The molecule has 0 bridgehead atoms. The molecule has 1 amide bonds. The highest BCUT2D eigenvalue weighted by atomic mass is 35.5. The van der Waals surface area contributed by atoms with Gasteiger partial charge in [-0.3, -0.25) is 9.69 Å². The standard InChI is InChI=1S/C39H41ClN2O4S2/c1-25(2)42(23-31-21-34(29-16-19-48-24-29)37(46-31)28-11-13-30(40)14-12-28)22-27-10-15-33(35(20-27)32-9-7-6-8-26(32)3)38(43)41-36(17-18-47-5)39(44)45-4/h6-16,19-21,24-25,36H,17-18,22-23H2,1-5H3,(H,41,43)/t36-/m0/s1. The van der Waals surface area contributed by atoms with Gasteiger partial charge in [-0.15, -0.1) is 0 Å². The van der Waals surface area contributed by atoms with E-state index in [0.717, 1.165) is 56.2 Å². The monoisotopic (exact) mass is 700 g/mol. The summed E-state index contributed by atoms with van der Waals surface area (Å²) in [6, 6.07) is 25.5. The van der Waals surface area contributed by atoms with Crippen LogP contribution in [0.25, 0.3) is 33.6 Å². The molecule has 0 saturated carbocycles. The average molecular weight is 701 g/mol. The van der Waals surface area contributed by atoms with E-state index in [-0.39, 0.29) is 11.9 Å². The van der Waals surface area contributed by atoms with Crippen molar-refractivity contribution in [3.8, 4) is 33.6 Å². The second-order valence-corrected chi connectivity index (χ2v) is 14.2. The number of furan rings is 1. The summed E-state index contributed by atoms with van der Waals surface area (Å²) in [6.07, 6.45) is 2.46. The van der Waals surface area contributed by atoms with Crippen molar-refractivity contribution in [3.63, 3.8) is 0 Å². The Morgan fingerprint density at radius 3 is 2.40 bits per heavy atom. The second-order valence-electron chi connectivity index (χ2n) is 12.0. The van der Waals surface area contributed by atoms with E-state index in [4.69, 9.17) is 20.8 Å². The number of hydrogen-bond acceptors (Lipinski definition) is 7. The lowest BCUT2D eigenvalue weighted by Gasteiger charge is -2.26. The SMILES string of the molecule is COC(=O)[C@H](CCSC)NC(=O)c1ccc(CN(Cc2cc(-c3ccsc3)c(-c3ccc(Cl)cc3)o2)C(C)C)cc1-c1ccccc1C. The third-order valence-corrected chi connectivity index (χ3v) is 9.94. The smallest absolute Gasteiger partial charge is 0.328 e. The van der Waals surface area contributed by atoms with Gasteiger partial charge in [-0.1, -0.05) is 41.9 Å². The Hall–Kier alpha value is -3.82. The molecule has 0 radical (unpaired) electrons. The van der Waals surface area contributed by atoms with Gasteiger partial charge >= 0.3 is 5.97 Å². The zero-order valence-corrected chi connectivity index (χ0v) is 30.3. The van der Waals surface area contributed by atoms with Crippen LogP contribution in [0.3, 0.4) is 0 Å². The third-order valence-electron chi connectivity index (χ3n) is 8.36. The number of thiophene rings is 1. The number of nitrogens with one attached hydrogen (secondary N) is 1. The van der Waals surface area contributed by atoms with E-state index in [1.165, 1.54) is 7.11 Å². The Balaban J connectivity index is 1.46. The molecule has 6 nitrogen and oxygen atoms in total. The first-order chi connectivity index (χ1) is 23.2. The molecule has 5 aromatic rings. The number of ether oxygens (including phenoxy) is 1. The normalized spacial score (nSPS) is 12.0. The molecule has 48 heavy (non-hydrogen) atoms. The number of aryl methyl sites for hydroxylation is 1. The van der Waals surface area contributed by atoms with Crippen LogP contribution in [0, 0.1) is 6.92 Å². The van der Waals surface area contributed by atoms with Crippen molar-refractivity contribution in [1.82, 2.24) is 10.2 Å². The highest BCUT2D eigenvalue weighted by Gasteiger charge is 2.25. The number of carbonyl (C=O) groups is 2. The number of rotatable bonds is 14. The minimum Gasteiger partial charge on any atom is -0.467 e. The summed E-state index contributed by atoms with van der Waals surface area (Å²) in [7, 11) is 1.35. The average Bonchev–Trinajstić information content (AvgIpc) is 3.77. The Labute approximate surface area is 296 Å². The Morgan fingerprint density at radius 1 is 0.958 bits per heavy atom. The van der Waals surface area contributed by atoms with Gasteiger partial charge < -0.3 is 14.5 Å². The van der Waals surface area contributed by atoms with Crippen LogP contribution in [0.5, 0.6) is 0 Å². The molecule has 2 heterocycles. The van der Waals surface area contributed by atoms with Crippen molar-refractivity contribution in [3.05, 3.63) is 117 Å². The van der Waals surface area contributed by atoms with Gasteiger partial charge in [-0.25, -0.2) is 4.79 Å². The lowest BCUT2D eigenvalue weighted by molar-refractivity contribution is -0.142. The van der Waals surface area contributed by atoms with Gasteiger partial charge in [0.1, 0.15) is 17.6 Å². The van der Waals surface area contributed by atoms with Crippen molar-refractivity contribution in [2.24, 2.45) is 0 Å². The summed E-state index contributed by atoms with van der Waals surface area (Å²) in [5.41, 5.74) is 7.58. The molecule has 2 aromatic heterocycles. The quantitative estimate of drug-likeness (QED) is 0.116. The summed E-state index contributed by atoms with van der Waals surface area (Å²) in [6.45, 7) is 7.63. The van der Waals surface area contributed by atoms with Gasteiger partial charge in [0.15, 0.2) is 0 Å². The van der Waals surface area contributed by atoms with Crippen LogP contribution in [0.15, 0.2) is 94.0 Å². The summed E-state index contributed by atoms with van der Waals surface area (Å²) in [5, 5.41) is 7.83. The summed E-state index contributed by atoms with van der Waals surface area (Å²) >= 11 is 9.47. The van der Waals surface area contributed by atoms with E-state index in [1.54, 1.807) is 23.1 Å². The number of thioether (sulfide) groups is 1. The Bertz CT molecular complexity index is 1830. The molecule has 250 valence electrons. The van der Waals surface area contributed by atoms with E-state index in [2.05, 4.69) is 53.0 Å². The van der Waals surface area contributed by atoms with Gasteiger partial charge in [-0.05, 0) is 126 Å². The van der Waals surface area contributed by atoms with Crippen LogP contribution in [0.1, 0.15) is 47.5 Å². The molecule has 5 rings (SSSR count). The fraction of sp³-hybridized carbons (Fsp3) is 0.282. The molecule has 0 unspecified atom stereocenters. The van der Waals surface area contributed by atoms with Crippen LogP contribution < -0.4 is 5.32 Å². The molecule has 1 N–H and O–H groups in total. The molecular weight excluding hydrogens is 660 g/mol. The number of amides is 1. The van der Waals surface area contributed by atoms with Gasteiger partial charge in [0.2, 0.25) is 0 Å². The number of hydrogen-bond donors (Lipinski definition) is 1. The molecule has 0 spiro atoms. The van der Waals surface area contributed by atoms with E-state index in [0.29, 0.717) is 30.1 Å². The van der Waals surface area contributed by atoms with E-state index < -0.39 is 12.0 Å². The predicted molar refractivity (Wildman–Crippen MR) is 200 cm³/mol. The van der Waals surface area contributed by atoms with Crippen LogP contribution in [0.2, 0.25) is 5.02 Å². The molecular formula is C39H41ClN2O4S2. The van der Waals surface area contributed by atoms with Crippen LogP contribution in [-0.4, -0.2) is 48.0 Å². The van der Waals surface area contributed by atoms with Crippen molar-refractivity contribution in [2.75, 3.05) is 19.1 Å². The van der Waals surface area contributed by atoms with Crippen molar-refractivity contribution < 1.29 is 18.7 Å². The molecule has 9 heteroatoms. The molecule has 0 aliphatic heterocycles. The van der Waals surface area contributed by atoms with Crippen molar-refractivity contribution in [2.45, 2.75) is 52.4 Å². The van der Waals surface area contributed by atoms with Crippen LogP contribution in [-0.2, 0) is 22.6 Å². The predicted octanol–water partition coefficient (Wildman–Crippen LogP) is 9.74. The van der Waals surface area contributed by atoms with Gasteiger partial charge in [-0.2, -0.15) is 23.1 Å². The minimum atomic E-state index is -0.721. The number of methoxy groups -OCH3 is 1. The van der Waals surface area contributed by atoms with Crippen LogP contribution in [0.4, 0.5) is 0 Å². The molecule has 1 atom stereocenters. The van der Waals surface area contributed by atoms with Crippen LogP contribution >= 0.6 is 34.7 Å². The summed E-state index contributed by atoms with van der Waals surface area (Å²) in [4.78, 5) is 28.6. The van der Waals surface area contributed by atoms with Crippen molar-refractivity contribution in [1.29, 1.82) is 0 Å². The zero-order valence-electron chi connectivity index (χ0n) is 27.9. The van der Waals surface area contributed by atoms with Crippen molar-refractivity contribution >= 4 is 46.6 Å². The number of halogens is 1. The Morgan fingerprint density at radius 2 is 1.73 bits per heavy atom. The number of benzene rings is 3. The summed E-state index contributed by atoms with van der Waals surface area (Å²) < 4.78 is 11.6. The van der Waals surface area contributed by atoms with E-state index >= 15 is 0 Å². The van der Waals surface area contributed by atoms with E-state index in [9.17, 15) is 9.59 Å². The lowest BCUT2D eigenvalue weighted by Crippen LogP contribution is -2.42. The maximum atomic E-state index is 13.7. The fourth-order valence-electron chi connectivity index (χ4n) is 5.67. The molecule has 0 fully saturated rings. The number of esters is 1. The molecule has 0 aliphatic rings. The van der Waals surface area contributed by atoms with Gasteiger partial charge in [0, 0.05) is 34.3 Å². The Kier molecular flexibility index (Phi) is 12.2. The number of carbonyl (C=O) groups excluding carboxylic acids is 2. The zero-order chi connectivity index (χ0) is 34.2. The highest BCUT2D eigenvalue weighted by molar-refractivity contribution is 7.98. The van der Waals surface area contributed by atoms with Gasteiger partial charge in [0.05, 0.1) is 13.7 Å². The first-order valence-electron chi connectivity index (χ1n) is 15.9. The summed E-state index contributed by atoms with van der Waals surface area (Å²) in [5.74, 6) is 1.66. The van der Waals surface area contributed by atoms with E-state index in [1.807, 2.05) is 73.8 Å². The highest BCUT2D eigenvalue weighted by Crippen LogP contribution is 2.37. The minimum absolute atomic E-state index is 0.209.